The fourth-order valence-electron chi connectivity index (χ4n) is 2.41. The van der Waals surface area contributed by atoms with Gasteiger partial charge in [-0.15, -0.1) is 6.92 Å². The Bertz CT molecular complexity index is 288. The van der Waals surface area contributed by atoms with Crippen LogP contribution in [0.25, 0.3) is 0 Å². The Kier molecular flexibility index (Phi) is 10.8. The van der Waals surface area contributed by atoms with Crippen LogP contribution in [0.1, 0.15) is 69.2 Å². The van der Waals surface area contributed by atoms with Crippen molar-refractivity contribution in [3.05, 3.63) is 24.0 Å². The van der Waals surface area contributed by atoms with Gasteiger partial charge in [-0.2, -0.15) is 19.3 Å². The summed E-state index contributed by atoms with van der Waals surface area (Å²) in [7, 11) is 0. The van der Waals surface area contributed by atoms with Crippen LogP contribution < -0.4 is 29.6 Å². The molecule has 0 aliphatic heterocycles. The number of allylic oxidation sites excluding steroid dienone is 1. The summed E-state index contributed by atoms with van der Waals surface area (Å²) in [4.78, 5) is 0. The molecule has 0 aliphatic rings. The summed E-state index contributed by atoms with van der Waals surface area (Å²) in [5, 5.41) is 0. The van der Waals surface area contributed by atoms with Crippen LogP contribution in [0, 0.1) is 28.1 Å². The maximum absolute atomic E-state index is 4.12. The fourth-order valence-corrected chi connectivity index (χ4v) is 2.41. The van der Waals surface area contributed by atoms with Crippen molar-refractivity contribution >= 4 is 0 Å². The summed E-state index contributed by atoms with van der Waals surface area (Å²) in [6.45, 7) is 27.1. The zero-order valence-electron chi connectivity index (χ0n) is 15.2. The first-order valence-electron chi connectivity index (χ1n) is 6.60. The van der Waals surface area contributed by atoms with Crippen molar-refractivity contribution in [1.82, 2.24) is 0 Å². The van der Waals surface area contributed by atoms with Crippen LogP contribution in [0.4, 0.5) is 0 Å². The minimum Gasteiger partial charge on any atom is -0.314 e. The van der Waals surface area contributed by atoms with Crippen molar-refractivity contribution in [3.8, 4) is 0 Å². The molecule has 19 heavy (non-hydrogen) atoms. The molecule has 0 heterocycles. The fraction of sp³-hybridized carbons (Fsp3) is 0.765. The van der Waals surface area contributed by atoms with Crippen molar-refractivity contribution in [2.45, 2.75) is 69.2 Å². The molecule has 0 aliphatic carbocycles. The second kappa shape index (κ2) is 8.11. The molecule has 0 N–H and O–H groups in total. The molecule has 2 heteroatoms. The monoisotopic (exact) mass is 352 g/mol. The van der Waals surface area contributed by atoms with Crippen molar-refractivity contribution < 1.29 is 51.9 Å². The first-order chi connectivity index (χ1) is 7.30. The van der Waals surface area contributed by atoms with Gasteiger partial charge in [0.2, 0.25) is 0 Å². The summed E-state index contributed by atoms with van der Waals surface area (Å²) in [6, 6.07) is 0. The Morgan fingerprint density at radius 1 is 0.842 bits per heavy atom. The molecule has 0 saturated carbocycles. The number of hydrogen-bond acceptors (Lipinski definition) is 0. The molecule has 0 fully saturated rings. The molecule has 0 aromatic heterocycles. The quantitative estimate of drug-likeness (QED) is 0.527. The summed E-state index contributed by atoms with van der Waals surface area (Å²) in [5.74, 6) is 2.90. The SMILES string of the molecule is C=C(C)[C-](C)C(C)(C)C(C)(C)C(C)(C)[C-](C)C.[Na+].[Nb]. The van der Waals surface area contributed by atoms with E-state index in [4.69, 9.17) is 0 Å². The van der Waals surface area contributed by atoms with Gasteiger partial charge in [-0.3, -0.25) is 0 Å². The van der Waals surface area contributed by atoms with Crippen molar-refractivity contribution in [2.75, 3.05) is 0 Å². The predicted molar refractivity (Wildman–Crippen MR) is 79.7 cm³/mol. The minimum absolute atomic E-state index is 0. The maximum Gasteiger partial charge on any atom is 1.00 e. The van der Waals surface area contributed by atoms with Crippen LogP contribution in [0.15, 0.2) is 12.2 Å². The Morgan fingerprint density at radius 3 is 1.37 bits per heavy atom. The van der Waals surface area contributed by atoms with E-state index in [-0.39, 0.29) is 68.2 Å². The molecule has 0 spiro atoms. The van der Waals surface area contributed by atoms with Crippen LogP contribution in [-0.4, -0.2) is 0 Å². The Morgan fingerprint density at radius 2 is 1.16 bits per heavy atom. The Balaban J connectivity index is -0.00000128. The van der Waals surface area contributed by atoms with Crippen molar-refractivity contribution in [1.29, 1.82) is 0 Å². The molecule has 0 nitrogen and oxygen atoms in total. The predicted octanol–water partition coefficient (Wildman–Crippen LogP) is 2.85. The second-order valence-corrected chi connectivity index (χ2v) is 7.28. The minimum atomic E-state index is 0. The standard InChI is InChI=1S/C17H32.Na.Nb/c1-12(2)14(5)16(8,9)17(10,11)15(6,7)13(3)4;;/h1H2,2-11H3;;/q-2;+1;. The molecule has 0 aromatic carbocycles. The molecule has 1 radical (unpaired) electrons. The molecule has 0 aromatic rings. The summed E-state index contributed by atoms with van der Waals surface area (Å²) >= 11 is 0. The first-order valence-corrected chi connectivity index (χ1v) is 6.60. The van der Waals surface area contributed by atoms with E-state index in [1.807, 2.05) is 0 Å². The zero-order valence-corrected chi connectivity index (χ0v) is 19.4. The molecule has 107 valence electrons. The van der Waals surface area contributed by atoms with Gasteiger partial charge in [0.25, 0.3) is 0 Å². The van der Waals surface area contributed by atoms with E-state index in [0.717, 1.165) is 0 Å². The van der Waals surface area contributed by atoms with Crippen molar-refractivity contribution in [3.63, 3.8) is 0 Å². The van der Waals surface area contributed by atoms with Gasteiger partial charge >= 0.3 is 29.6 Å². The summed E-state index contributed by atoms with van der Waals surface area (Å²) in [6.07, 6.45) is 0. The number of hydrogen-bond donors (Lipinski definition) is 0. The van der Waals surface area contributed by atoms with E-state index in [2.05, 4.69) is 75.8 Å². The van der Waals surface area contributed by atoms with Crippen molar-refractivity contribution in [2.24, 2.45) is 16.2 Å². The number of rotatable bonds is 5. The average Bonchev–Trinajstić information content (AvgIpc) is 2.15. The molecular formula is C17H32NaNb-. The molecule has 0 bridgehead atoms. The zero-order chi connectivity index (χ0) is 14.2. The van der Waals surface area contributed by atoms with Gasteiger partial charge in [0, 0.05) is 22.4 Å². The molecule has 0 amide bonds. The summed E-state index contributed by atoms with van der Waals surface area (Å²) < 4.78 is 0. The largest absolute Gasteiger partial charge is 1.00 e. The van der Waals surface area contributed by atoms with E-state index < -0.39 is 0 Å². The molecule has 0 saturated heterocycles. The third-order valence-corrected chi connectivity index (χ3v) is 5.95. The van der Waals surface area contributed by atoms with Gasteiger partial charge in [0.05, 0.1) is 0 Å². The van der Waals surface area contributed by atoms with Crippen LogP contribution in [0.2, 0.25) is 0 Å². The average molecular weight is 352 g/mol. The smallest absolute Gasteiger partial charge is 0.314 e. The van der Waals surface area contributed by atoms with Gasteiger partial charge < -0.3 is 5.92 Å². The molecule has 0 atom stereocenters. The van der Waals surface area contributed by atoms with E-state index in [0.29, 0.717) is 0 Å². The topological polar surface area (TPSA) is 0 Å². The van der Waals surface area contributed by atoms with Gasteiger partial charge in [0.1, 0.15) is 0 Å². The van der Waals surface area contributed by atoms with E-state index in [9.17, 15) is 0 Å². The maximum atomic E-state index is 4.12. The van der Waals surface area contributed by atoms with Crippen LogP contribution >= 0.6 is 0 Å². The summed E-state index contributed by atoms with van der Waals surface area (Å²) in [5.41, 5.74) is 1.72. The van der Waals surface area contributed by atoms with E-state index in [1.54, 1.807) is 0 Å². The van der Waals surface area contributed by atoms with Gasteiger partial charge in [-0.05, 0) is 0 Å². The van der Waals surface area contributed by atoms with Crippen LogP contribution in [-0.2, 0) is 22.4 Å². The normalized spacial score (nSPS) is 12.6. The molecule has 0 unspecified atom stereocenters. The van der Waals surface area contributed by atoms with E-state index >= 15 is 0 Å². The van der Waals surface area contributed by atoms with Gasteiger partial charge in [0.15, 0.2) is 0 Å². The Hall–Kier alpha value is 1.35. The van der Waals surface area contributed by atoms with Crippen LogP contribution in [0.5, 0.6) is 0 Å². The Labute approximate surface area is 160 Å². The van der Waals surface area contributed by atoms with E-state index in [1.165, 1.54) is 17.4 Å². The third kappa shape index (κ3) is 4.66. The molecular weight excluding hydrogens is 320 g/mol. The third-order valence-electron chi connectivity index (χ3n) is 5.95. The van der Waals surface area contributed by atoms with Gasteiger partial charge in [-0.25, -0.2) is 18.1 Å². The first kappa shape index (κ1) is 25.3. The second-order valence-electron chi connectivity index (χ2n) is 7.28. The molecule has 0 rings (SSSR count). The van der Waals surface area contributed by atoms with Gasteiger partial charge in [-0.1, -0.05) is 59.3 Å². The van der Waals surface area contributed by atoms with Crippen LogP contribution in [0.3, 0.4) is 0 Å².